The molecule has 1 atom stereocenters. The Hall–Kier alpha value is -3.49. The predicted molar refractivity (Wildman–Crippen MR) is 101 cm³/mol. The Morgan fingerprint density at radius 1 is 1.11 bits per heavy atom. The van der Waals surface area contributed by atoms with E-state index in [9.17, 15) is 19.2 Å². The summed E-state index contributed by atoms with van der Waals surface area (Å²) in [6, 6.07) is 6.96. The van der Waals surface area contributed by atoms with Crippen molar-refractivity contribution in [1.82, 2.24) is 18.7 Å². The number of esters is 1. The molecule has 28 heavy (non-hydrogen) atoms. The second-order valence-electron chi connectivity index (χ2n) is 6.61. The van der Waals surface area contributed by atoms with Gasteiger partial charge in [0, 0.05) is 19.7 Å². The molecule has 3 aromatic rings. The molecule has 0 fully saturated rings. The van der Waals surface area contributed by atoms with E-state index in [0.717, 1.165) is 10.1 Å². The topological polar surface area (TPSA) is 105 Å². The highest BCUT2D eigenvalue weighted by Gasteiger charge is 2.21. The Labute approximate surface area is 159 Å². The van der Waals surface area contributed by atoms with E-state index >= 15 is 0 Å². The van der Waals surface area contributed by atoms with Gasteiger partial charge in [0.1, 0.15) is 6.54 Å². The van der Waals surface area contributed by atoms with Gasteiger partial charge in [-0.3, -0.25) is 23.5 Å². The van der Waals surface area contributed by atoms with Crippen LogP contribution in [0.2, 0.25) is 0 Å². The Morgan fingerprint density at radius 2 is 1.75 bits per heavy atom. The third-order valence-electron chi connectivity index (χ3n) is 4.53. The predicted octanol–water partition coefficient (Wildman–Crippen LogP) is 0.557. The molecule has 0 saturated heterocycles. The van der Waals surface area contributed by atoms with E-state index in [1.54, 1.807) is 24.3 Å². The molecule has 2 heterocycles. The third kappa shape index (κ3) is 3.38. The van der Waals surface area contributed by atoms with Gasteiger partial charge in [-0.25, -0.2) is 9.78 Å². The van der Waals surface area contributed by atoms with Crippen molar-refractivity contribution in [1.29, 1.82) is 0 Å². The van der Waals surface area contributed by atoms with Crippen molar-refractivity contribution in [2.75, 3.05) is 0 Å². The monoisotopic (exact) mass is 384 g/mol. The first-order valence-corrected chi connectivity index (χ1v) is 8.62. The van der Waals surface area contributed by atoms with E-state index in [4.69, 9.17) is 4.74 Å². The number of ketones is 1. The number of ether oxygens (including phenoxy) is 1. The fourth-order valence-electron chi connectivity index (χ4n) is 2.90. The second kappa shape index (κ2) is 7.26. The van der Waals surface area contributed by atoms with Crippen molar-refractivity contribution in [3.05, 3.63) is 62.6 Å². The lowest BCUT2D eigenvalue weighted by atomic mass is 10.1. The quantitative estimate of drug-likeness (QED) is 0.470. The maximum Gasteiger partial charge on any atom is 0.332 e. The lowest BCUT2D eigenvalue weighted by Crippen LogP contribution is -2.37. The highest BCUT2D eigenvalue weighted by Crippen LogP contribution is 2.10. The van der Waals surface area contributed by atoms with Crippen LogP contribution in [0.3, 0.4) is 0 Å². The fraction of sp³-hybridized carbons (Fsp3) is 0.316. The van der Waals surface area contributed by atoms with Crippen LogP contribution in [-0.2, 0) is 30.2 Å². The van der Waals surface area contributed by atoms with Gasteiger partial charge in [0.15, 0.2) is 17.3 Å². The van der Waals surface area contributed by atoms with E-state index in [1.165, 1.54) is 36.5 Å². The zero-order valence-electron chi connectivity index (χ0n) is 16.0. The molecule has 9 nitrogen and oxygen atoms in total. The smallest absolute Gasteiger partial charge is 0.332 e. The first-order chi connectivity index (χ1) is 13.2. The Bertz CT molecular complexity index is 1180. The maximum atomic E-state index is 12.4. The number of nitrogens with zero attached hydrogens (tertiary/aromatic N) is 4. The van der Waals surface area contributed by atoms with Gasteiger partial charge >= 0.3 is 11.7 Å². The lowest BCUT2D eigenvalue weighted by Gasteiger charge is -2.13. The molecule has 3 rings (SSSR count). The van der Waals surface area contributed by atoms with E-state index in [2.05, 4.69) is 4.98 Å². The largest absolute Gasteiger partial charge is 0.453 e. The first-order valence-electron chi connectivity index (χ1n) is 8.62. The average molecular weight is 384 g/mol. The van der Waals surface area contributed by atoms with Gasteiger partial charge in [0.25, 0.3) is 5.56 Å². The summed E-state index contributed by atoms with van der Waals surface area (Å²) in [6.45, 7) is 3.09. The van der Waals surface area contributed by atoms with Crippen LogP contribution in [0.1, 0.15) is 22.8 Å². The lowest BCUT2D eigenvalue weighted by molar-refractivity contribution is -0.146. The molecular formula is C19H20N4O5. The molecule has 0 aliphatic rings. The molecule has 0 N–H and O–H groups in total. The van der Waals surface area contributed by atoms with Crippen molar-refractivity contribution in [2.45, 2.75) is 26.5 Å². The van der Waals surface area contributed by atoms with Crippen LogP contribution in [0, 0.1) is 6.92 Å². The number of imidazole rings is 1. The summed E-state index contributed by atoms with van der Waals surface area (Å²) in [7, 11) is 2.84. The standard InChI is InChI=1S/C19H20N4O5/c1-11-5-7-13(8-6-11)16(25)12(2)28-14(24)9-23-10-20-17-15(23)18(26)22(4)19(27)21(17)3/h5-8,10,12H,9H2,1-4H3/t12-/m0/s1. The average Bonchev–Trinajstić information content (AvgIpc) is 3.08. The van der Waals surface area contributed by atoms with Crippen LogP contribution >= 0.6 is 0 Å². The highest BCUT2D eigenvalue weighted by molar-refractivity contribution is 6.00. The van der Waals surface area contributed by atoms with Gasteiger partial charge in [-0.05, 0) is 13.8 Å². The number of fused-ring (bicyclic) bond motifs is 1. The van der Waals surface area contributed by atoms with Crippen LogP contribution in [0.15, 0.2) is 40.2 Å². The number of hydrogen-bond acceptors (Lipinski definition) is 6. The number of hydrogen-bond donors (Lipinski definition) is 0. The molecule has 9 heteroatoms. The van der Waals surface area contributed by atoms with Gasteiger partial charge in [-0.1, -0.05) is 29.8 Å². The number of carbonyl (C=O) groups is 2. The van der Waals surface area contributed by atoms with Crippen LogP contribution in [0.25, 0.3) is 11.2 Å². The number of benzene rings is 1. The fourth-order valence-corrected chi connectivity index (χ4v) is 2.90. The summed E-state index contributed by atoms with van der Waals surface area (Å²) < 4.78 is 8.70. The molecule has 0 aliphatic carbocycles. The second-order valence-corrected chi connectivity index (χ2v) is 6.61. The zero-order valence-corrected chi connectivity index (χ0v) is 16.0. The first kappa shape index (κ1) is 19.3. The minimum atomic E-state index is -0.975. The van der Waals surface area contributed by atoms with Crippen molar-refractivity contribution < 1.29 is 14.3 Å². The number of aromatic nitrogens is 4. The molecule has 0 radical (unpaired) electrons. The summed E-state index contributed by atoms with van der Waals surface area (Å²) >= 11 is 0. The van der Waals surface area contributed by atoms with Gasteiger partial charge in [-0.15, -0.1) is 0 Å². The summed E-state index contributed by atoms with van der Waals surface area (Å²) in [5.74, 6) is -1.01. The van der Waals surface area contributed by atoms with Crippen LogP contribution in [0.4, 0.5) is 0 Å². The molecule has 0 bridgehead atoms. The van der Waals surface area contributed by atoms with Gasteiger partial charge < -0.3 is 9.30 Å². The van der Waals surface area contributed by atoms with Crippen molar-refractivity contribution in [2.24, 2.45) is 14.1 Å². The number of rotatable bonds is 5. The van der Waals surface area contributed by atoms with Crippen molar-refractivity contribution >= 4 is 22.9 Å². The van der Waals surface area contributed by atoms with E-state index < -0.39 is 23.3 Å². The Balaban J connectivity index is 1.80. The van der Waals surface area contributed by atoms with Gasteiger partial charge in [0.05, 0.1) is 6.33 Å². The molecule has 0 spiro atoms. The van der Waals surface area contributed by atoms with E-state index in [1.807, 2.05) is 6.92 Å². The van der Waals surface area contributed by atoms with Crippen molar-refractivity contribution in [3.63, 3.8) is 0 Å². The van der Waals surface area contributed by atoms with Crippen LogP contribution in [-0.4, -0.2) is 36.5 Å². The molecule has 0 saturated carbocycles. The number of carbonyl (C=O) groups excluding carboxylic acids is 2. The van der Waals surface area contributed by atoms with Gasteiger partial charge in [-0.2, -0.15) is 0 Å². The molecule has 0 amide bonds. The summed E-state index contributed by atoms with van der Waals surface area (Å²) in [6.07, 6.45) is 0.316. The molecule has 1 aromatic carbocycles. The van der Waals surface area contributed by atoms with Crippen LogP contribution < -0.4 is 11.2 Å². The normalized spacial score (nSPS) is 12.1. The Kier molecular flexibility index (Phi) is 5.00. The molecule has 146 valence electrons. The summed E-state index contributed by atoms with van der Waals surface area (Å²) in [5.41, 5.74) is 0.672. The molecule has 2 aromatic heterocycles. The van der Waals surface area contributed by atoms with Crippen LogP contribution in [0.5, 0.6) is 0 Å². The molecular weight excluding hydrogens is 364 g/mol. The summed E-state index contributed by atoms with van der Waals surface area (Å²) in [4.78, 5) is 53.1. The summed E-state index contributed by atoms with van der Waals surface area (Å²) in [5, 5.41) is 0. The third-order valence-corrected chi connectivity index (χ3v) is 4.53. The Morgan fingerprint density at radius 3 is 2.39 bits per heavy atom. The number of Topliss-reactive ketones (excluding diaryl/α,β-unsaturated/α-hetero) is 1. The number of aryl methyl sites for hydroxylation is 2. The maximum absolute atomic E-state index is 12.4. The van der Waals surface area contributed by atoms with Gasteiger partial charge in [0.2, 0.25) is 5.78 Å². The zero-order chi connectivity index (χ0) is 20.6. The van der Waals surface area contributed by atoms with E-state index in [-0.39, 0.29) is 23.5 Å². The minimum Gasteiger partial charge on any atom is -0.453 e. The highest BCUT2D eigenvalue weighted by atomic mass is 16.5. The molecule has 0 aliphatic heterocycles. The minimum absolute atomic E-state index is 0.110. The van der Waals surface area contributed by atoms with Crippen molar-refractivity contribution in [3.8, 4) is 0 Å². The van der Waals surface area contributed by atoms with E-state index in [0.29, 0.717) is 5.56 Å². The SMILES string of the molecule is Cc1ccc(C(=O)[C@H](C)OC(=O)Cn2cnc3c2c(=O)n(C)c(=O)n3C)cc1. The molecule has 0 unspecified atom stereocenters.